The largest absolute Gasteiger partial charge is 0.507 e. The molecule has 0 spiro atoms. The van der Waals surface area contributed by atoms with Gasteiger partial charge in [0.2, 0.25) is 0 Å². The van der Waals surface area contributed by atoms with E-state index in [1.807, 2.05) is 18.3 Å². The minimum atomic E-state index is 0.0307. The number of aromatic nitrogens is 1. The Morgan fingerprint density at radius 1 is 1.14 bits per heavy atom. The summed E-state index contributed by atoms with van der Waals surface area (Å²) in [5.41, 5.74) is 4.98. The van der Waals surface area contributed by atoms with Gasteiger partial charge in [0.15, 0.2) is 0 Å². The molecule has 3 nitrogen and oxygen atoms in total. The van der Waals surface area contributed by atoms with Crippen LogP contribution in [-0.2, 0) is 5.41 Å². The van der Waals surface area contributed by atoms with E-state index < -0.39 is 0 Å². The average molecular weight is 282 g/mol. The molecule has 0 amide bonds. The van der Waals surface area contributed by atoms with Gasteiger partial charge in [-0.3, -0.25) is 0 Å². The quantitative estimate of drug-likeness (QED) is 0.779. The maximum absolute atomic E-state index is 10.7. The van der Waals surface area contributed by atoms with E-state index >= 15 is 0 Å². The van der Waals surface area contributed by atoms with Crippen molar-refractivity contribution in [1.82, 2.24) is 10.3 Å². The first-order valence-corrected chi connectivity index (χ1v) is 7.42. The summed E-state index contributed by atoms with van der Waals surface area (Å²) in [6.45, 7) is 7.51. The molecule has 1 aliphatic rings. The van der Waals surface area contributed by atoms with Gasteiger partial charge in [0.05, 0.1) is 0 Å². The Bertz CT molecular complexity index is 676. The Morgan fingerprint density at radius 3 is 2.48 bits per heavy atom. The minimum Gasteiger partial charge on any atom is -0.507 e. The van der Waals surface area contributed by atoms with Crippen molar-refractivity contribution in [2.75, 3.05) is 6.54 Å². The van der Waals surface area contributed by atoms with Gasteiger partial charge in [-0.25, -0.2) is 0 Å². The van der Waals surface area contributed by atoms with Crippen LogP contribution in [0.3, 0.4) is 0 Å². The van der Waals surface area contributed by atoms with E-state index in [1.54, 1.807) is 0 Å². The fourth-order valence-electron chi connectivity index (χ4n) is 2.68. The van der Waals surface area contributed by atoms with Gasteiger partial charge in [0.1, 0.15) is 5.75 Å². The van der Waals surface area contributed by atoms with Gasteiger partial charge >= 0.3 is 0 Å². The molecule has 0 atom stereocenters. The van der Waals surface area contributed by atoms with Crippen molar-refractivity contribution >= 4 is 5.70 Å². The van der Waals surface area contributed by atoms with Crippen LogP contribution >= 0.6 is 0 Å². The SMILES string of the molecule is CC(C)(C)c1cc(C2=CCCN2)c(O)c(-c2ccc[nH]2)c1. The molecule has 1 aromatic carbocycles. The van der Waals surface area contributed by atoms with Crippen molar-refractivity contribution in [2.24, 2.45) is 0 Å². The zero-order valence-electron chi connectivity index (χ0n) is 12.8. The fourth-order valence-corrected chi connectivity index (χ4v) is 2.68. The number of hydrogen-bond donors (Lipinski definition) is 3. The highest BCUT2D eigenvalue weighted by Gasteiger charge is 2.22. The van der Waals surface area contributed by atoms with Crippen LogP contribution < -0.4 is 5.32 Å². The smallest absolute Gasteiger partial charge is 0.134 e. The third kappa shape index (κ3) is 2.56. The van der Waals surface area contributed by atoms with Crippen LogP contribution in [0.1, 0.15) is 38.3 Å². The van der Waals surface area contributed by atoms with Crippen molar-refractivity contribution in [3.63, 3.8) is 0 Å². The lowest BCUT2D eigenvalue weighted by atomic mass is 9.84. The normalized spacial score (nSPS) is 14.9. The first-order chi connectivity index (χ1) is 9.97. The minimum absolute atomic E-state index is 0.0307. The van der Waals surface area contributed by atoms with Gasteiger partial charge in [0.25, 0.3) is 0 Å². The van der Waals surface area contributed by atoms with Gasteiger partial charge < -0.3 is 15.4 Å². The molecule has 0 fully saturated rings. The first kappa shape index (κ1) is 13.8. The Morgan fingerprint density at radius 2 is 1.90 bits per heavy atom. The Labute approximate surface area is 125 Å². The molecule has 110 valence electrons. The molecule has 2 aromatic rings. The summed E-state index contributed by atoms with van der Waals surface area (Å²) in [6.07, 6.45) is 5.04. The second-order valence-corrected chi connectivity index (χ2v) is 6.59. The number of aromatic amines is 1. The van der Waals surface area contributed by atoms with Gasteiger partial charge in [-0.2, -0.15) is 0 Å². The third-order valence-corrected chi connectivity index (χ3v) is 3.96. The number of aromatic hydroxyl groups is 1. The molecule has 0 aliphatic carbocycles. The average Bonchev–Trinajstić information content (AvgIpc) is 3.11. The molecule has 0 unspecified atom stereocenters. The molecule has 0 saturated carbocycles. The Kier molecular flexibility index (Phi) is 3.28. The molecule has 21 heavy (non-hydrogen) atoms. The Balaban J connectivity index is 2.22. The van der Waals surface area contributed by atoms with Crippen LogP contribution in [0.15, 0.2) is 36.5 Å². The van der Waals surface area contributed by atoms with E-state index in [4.69, 9.17) is 0 Å². The summed E-state index contributed by atoms with van der Waals surface area (Å²) >= 11 is 0. The van der Waals surface area contributed by atoms with Crippen LogP contribution in [0.5, 0.6) is 5.75 Å². The molecule has 1 aliphatic heterocycles. The highest BCUT2D eigenvalue weighted by molar-refractivity contribution is 5.80. The van der Waals surface area contributed by atoms with Crippen LogP contribution in [0.4, 0.5) is 0 Å². The number of phenols is 1. The van der Waals surface area contributed by atoms with Gasteiger partial charge in [-0.05, 0) is 41.7 Å². The molecule has 0 saturated heterocycles. The zero-order chi connectivity index (χ0) is 15.0. The molecule has 0 radical (unpaired) electrons. The number of H-pyrrole nitrogens is 1. The fraction of sp³-hybridized carbons (Fsp3) is 0.333. The van der Waals surface area contributed by atoms with Crippen molar-refractivity contribution in [3.05, 3.63) is 47.7 Å². The number of rotatable bonds is 2. The molecule has 2 heterocycles. The lowest BCUT2D eigenvalue weighted by Crippen LogP contribution is -2.13. The monoisotopic (exact) mass is 282 g/mol. The van der Waals surface area contributed by atoms with Crippen molar-refractivity contribution in [2.45, 2.75) is 32.6 Å². The molecular weight excluding hydrogens is 260 g/mol. The molecule has 3 rings (SSSR count). The lowest BCUT2D eigenvalue weighted by Gasteiger charge is -2.22. The number of nitrogens with one attached hydrogen (secondary N) is 2. The van der Waals surface area contributed by atoms with Gasteiger partial charge in [0, 0.05) is 35.3 Å². The summed E-state index contributed by atoms with van der Waals surface area (Å²) in [5.74, 6) is 0.339. The summed E-state index contributed by atoms with van der Waals surface area (Å²) < 4.78 is 0. The van der Waals surface area contributed by atoms with E-state index in [2.05, 4.69) is 49.3 Å². The number of benzene rings is 1. The summed E-state index contributed by atoms with van der Waals surface area (Å²) in [7, 11) is 0. The predicted molar refractivity (Wildman–Crippen MR) is 87.2 cm³/mol. The van der Waals surface area contributed by atoms with Gasteiger partial charge in [-0.15, -0.1) is 0 Å². The zero-order valence-corrected chi connectivity index (χ0v) is 12.8. The molecule has 1 aromatic heterocycles. The summed E-state index contributed by atoms with van der Waals surface area (Å²) in [6, 6.07) is 8.12. The number of phenolic OH excluding ortho intramolecular Hbond substituents is 1. The Hall–Kier alpha value is -2.16. The summed E-state index contributed by atoms with van der Waals surface area (Å²) in [5, 5.41) is 14.1. The molecule has 0 bridgehead atoms. The topological polar surface area (TPSA) is 48.0 Å². The third-order valence-electron chi connectivity index (χ3n) is 3.96. The maximum atomic E-state index is 10.7. The highest BCUT2D eigenvalue weighted by atomic mass is 16.3. The van der Waals surface area contributed by atoms with Crippen LogP contribution in [-0.4, -0.2) is 16.6 Å². The predicted octanol–water partition coefficient (Wildman–Crippen LogP) is 4.02. The van der Waals surface area contributed by atoms with Gasteiger partial charge in [-0.1, -0.05) is 26.8 Å². The van der Waals surface area contributed by atoms with E-state index in [0.29, 0.717) is 5.75 Å². The highest BCUT2D eigenvalue weighted by Crippen LogP contribution is 2.39. The van der Waals surface area contributed by atoms with E-state index in [9.17, 15) is 5.11 Å². The van der Waals surface area contributed by atoms with E-state index in [0.717, 1.165) is 35.5 Å². The second kappa shape index (κ2) is 4.99. The first-order valence-electron chi connectivity index (χ1n) is 7.42. The van der Waals surface area contributed by atoms with Crippen LogP contribution in [0.25, 0.3) is 17.0 Å². The maximum Gasteiger partial charge on any atom is 0.134 e. The van der Waals surface area contributed by atoms with Crippen molar-refractivity contribution in [1.29, 1.82) is 0 Å². The lowest BCUT2D eigenvalue weighted by molar-refractivity contribution is 0.473. The van der Waals surface area contributed by atoms with Crippen molar-refractivity contribution in [3.8, 4) is 17.0 Å². The second-order valence-electron chi connectivity index (χ2n) is 6.59. The standard InChI is InChI=1S/C18H22N2O/c1-18(2,3)12-10-13(15-6-4-8-19-15)17(21)14(11-12)16-7-5-9-20-16/h4,6-8,10-11,19-21H,5,9H2,1-3H3. The van der Waals surface area contributed by atoms with Crippen LogP contribution in [0.2, 0.25) is 0 Å². The molecule has 3 N–H and O–H groups in total. The van der Waals surface area contributed by atoms with E-state index in [-0.39, 0.29) is 5.41 Å². The number of hydrogen-bond acceptors (Lipinski definition) is 2. The van der Waals surface area contributed by atoms with E-state index in [1.165, 1.54) is 5.56 Å². The van der Waals surface area contributed by atoms with Crippen molar-refractivity contribution < 1.29 is 5.11 Å². The summed E-state index contributed by atoms with van der Waals surface area (Å²) in [4.78, 5) is 3.19. The molecular formula is C18H22N2O. The van der Waals surface area contributed by atoms with Crippen LogP contribution in [0, 0.1) is 0 Å². The molecule has 3 heteroatoms.